The average Bonchev–Trinajstić information content (AvgIpc) is 2.67. The first-order valence-electron chi connectivity index (χ1n) is 8.06. The van der Waals surface area contributed by atoms with Gasteiger partial charge in [-0.2, -0.15) is 13.7 Å². The second-order valence-electron chi connectivity index (χ2n) is 5.44. The zero-order valence-corrected chi connectivity index (χ0v) is 15.9. The van der Waals surface area contributed by atoms with E-state index in [9.17, 15) is 23.3 Å². The topological polar surface area (TPSA) is 163 Å². The van der Waals surface area contributed by atoms with Gasteiger partial charge >= 0.3 is 10.1 Å². The van der Waals surface area contributed by atoms with E-state index in [2.05, 4.69) is 0 Å². The predicted molar refractivity (Wildman–Crippen MR) is 101 cm³/mol. The molecule has 0 bridgehead atoms. The van der Waals surface area contributed by atoms with Gasteiger partial charge in [0.15, 0.2) is 16.4 Å². The Balaban J connectivity index is 2.49. The van der Waals surface area contributed by atoms with E-state index in [0.29, 0.717) is 5.56 Å². The number of nitriles is 1. The van der Waals surface area contributed by atoms with E-state index < -0.39 is 31.5 Å². The molecule has 0 aliphatic carbocycles. The Morgan fingerprint density at radius 3 is 2.55 bits per heavy atom. The van der Waals surface area contributed by atoms with Crippen LogP contribution in [0.25, 0.3) is 6.08 Å². The van der Waals surface area contributed by atoms with Crippen molar-refractivity contribution in [2.75, 3.05) is 6.61 Å². The molecule has 0 radical (unpaired) electrons. The number of carbonyl (C=O) groups excluding carboxylic acids is 1. The summed E-state index contributed by atoms with van der Waals surface area (Å²) in [5, 5.41) is 20.0. The molecule has 29 heavy (non-hydrogen) atoms. The van der Waals surface area contributed by atoms with E-state index in [0.717, 1.165) is 12.1 Å². The lowest BCUT2D eigenvalue weighted by Gasteiger charge is -2.12. The highest BCUT2D eigenvalue weighted by molar-refractivity contribution is 7.87. The summed E-state index contributed by atoms with van der Waals surface area (Å²) in [7, 11) is -4.55. The highest BCUT2D eigenvalue weighted by Gasteiger charge is 2.28. The number of carbonyl (C=O) groups is 1. The summed E-state index contributed by atoms with van der Waals surface area (Å²) in [6.07, 6.45) is 1.20. The highest BCUT2D eigenvalue weighted by atomic mass is 32.2. The van der Waals surface area contributed by atoms with Crippen molar-refractivity contribution in [3.05, 3.63) is 63.7 Å². The van der Waals surface area contributed by atoms with Gasteiger partial charge in [-0.1, -0.05) is 18.2 Å². The molecule has 0 fully saturated rings. The maximum Gasteiger partial charge on any atom is 0.346 e. The molecule has 0 atom stereocenters. The quantitative estimate of drug-likeness (QED) is 0.224. The van der Waals surface area contributed by atoms with Crippen LogP contribution in [-0.4, -0.2) is 25.9 Å². The van der Waals surface area contributed by atoms with E-state index >= 15 is 0 Å². The van der Waals surface area contributed by atoms with Crippen molar-refractivity contribution in [3.8, 4) is 17.6 Å². The van der Waals surface area contributed by atoms with Gasteiger partial charge in [-0.05, 0) is 36.8 Å². The zero-order valence-electron chi connectivity index (χ0n) is 15.1. The Kier molecular flexibility index (Phi) is 6.53. The van der Waals surface area contributed by atoms with Gasteiger partial charge in [-0.15, -0.1) is 0 Å². The van der Waals surface area contributed by atoms with E-state index in [-0.39, 0.29) is 23.7 Å². The van der Waals surface area contributed by atoms with Gasteiger partial charge in [0.2, 0.25) is 0 Å². The molecular formula is C18H15N3O7S. The molecule has 10 nitrogen and oxygen atoms in total. The van der Waals surface area contributed by atoms with Gasteiger partial charge in [0.05, 0.1) is 11.5 Å². The van der Waals surface area contributed by atoms with Crippen molar-refractivity contribution in [2.45, 2.75) is 11.8 Å². The summed E-state index contributed by atoms with van der Waals surface area (Å²) in [4.78, 5) is 20.9. The first-order valence-corrected chi connectivity index (χ1v) is 9.46. The van der Waals surface area contributed by atoms with Crippen molar-refractivity contribution in [3.63, 3.8) is 0 Å². The molecule has 0 aliphatic heterocycles. The Bertz CT molecular complexity index is 1130. The molecule has 0 saturated carbocycles. The summed E-state index contributed by atoms with van der Waals surface area (Å²) < 4.78 is 35.6. The fourth-order valence-electron chi connectivity index (χ4n) is 2.26. The number of amides is 1. The number of benzene rings is 2. The summed E-state index contributed by atoms with van der Waals surface area (Å²) in [6.45, 7) is 1.79. The van der Waals surface area contributed by atoms with Gasteiger partial charge < -0.3 is 14.7 Å². The molecule has 1 amide bonds. The van der Waals surface area contributed by atoms with Crippen LogP contribution in [0.3, 0.4) is 0 Å². The molecule has 2 aromatic rings. The minimum atomic E-state index is -4.55. The van der Waals surface area contributed by atoms with Gasteiger partial charge in [0.1, 0.15) is 11.6 Å². The van der Waals surface area contributed by atoms with Crippen LogP contribution in [0.5, 0.6) is 11.5 Å². The minimum absolute atomic E-state index is 0.00910. The van der Waals surface area contributed by atoms with E-state index in [4.69, 9.17) is 19.9 Å². The summed E-state index contributed by atoms with van der Waals surface area (Å²) in [5.74, 6) is -1.16. The number of nitrogens with zero attached hydrogens (tertiary/aromatic N) is 2. The first-order chi connectivity index (χ1) is 13.7. The van der Waals surface area contributed by atoms with E-state index in [1.807, 2.05) is 0 Å². The molecule has 2 N–H and O–H groups in total. The molecule has 0 heterocycles. The van der Waals surface area contributed by atoms with Gasteiger partial charge in [-0.3, -0.25) is 14.9 Å². The third-order valence-corrected chi connectivity index (χ3v) is 4.78. The number of nitrogens with two attached hydrogens (primary N) is 1. The maximum absolute atomic E-state index is 12.6. The van der Waals surface area contributed by atoms with Crippen LogP contribution in [0, 0.1) is 21.4 Å². The number of nitro benzene ring substituents is 1. The average molecular weight is 417 g/mol. The summed E-state index contributed by atoms with van der Waals surface area (Å²) >= 11 is 0. The van der Waals surface area contributed by atoms with Gasteiger partial charge in [-0.25, -0.2) is 0 Å². The highest BCUT2D eigenvalue weighted by Crippen LogP contribution is 2.33. The summed E-state index contributed by atoms with van der Waals surface area (Å²) in [5.41, 5.74) is 4.47. The van der Waals surface area contributed by atoms with Gasteiger partial charge in [0.25, 0.3) is 11.6 Å². The number of ether oxygens (including phenoxy) is 1. The SMILES string of the molecule is CCOc1cc(C=C(C#N)C(N)=O)ccc1OS(=O)(=O)c1ccccc1[N+](=O)[O-]. The van der Waals surface area contributed by atoms with Crippen LogP contribution in [0.4, 0.5) is 5.69 Å². The molecule has 2 aromatic carbocycles. The molecule has 0 unspecified atom stereocenters. The van der Waals surface area contributed by atoms with Crippen LogP contribution in [-0.2, 0) is 14.9 Å². The van der Waals surface area contributed by atoms with Crippen LogP contribution < -0.4 is 14.7 Å². The van der Waals surface area contributed by atoms with Crippen molar-refractivity contribution < 1.29 is 27.1 Å². The molecule has 0 spiro atoms. The van der Waals surface area contributed by atoms with Crippen molar-refractivity contribution in [1.29, 1.82) is 5.26 Å². The predicted octanol–water partition coefficient (Wildman–Crippen LogP) is 2.15. The van der Waals surface area contributed by atoms with Crippen LogP contribution >= 0.6 is 0 Å². The van der Waals surface area contributed by atoms with Gasteiger partial charge in [0, 0.05) is 6.07 Å². The fraction of sp³-hybridized carbons (Fsp3) is 0.111. The number of hydrogen-bond acceptors (Lipinski definition) is 8. The zero-order chi connectivity index (χ0) is 21.6. The third-order valence-electron chi connectivity index (χ3n) is 3.50. The Morgan fingerprint density at radius 2 is 1.97 bits per heavy atom. The standard InChI is InChI=1S/C18H15N3O7S/c1-2-27-16-10-12(9-13(11-19)18(20)22)7-8-15(16)28-29(25,26)17-6-4-3-5-14(17)21(23)24/h3-10H,2H2,1H3,(H2,20,22). The van der Waals surface area contributed by atoms with Crippen molar-refractivity contribution in [1.82, 2.24) is 0 Å². The van der Waals surface area contributed by atoms with Crippen molar-refractivity contribution >= 4 is 27.8 Å². The molecule has 0 aliphatic rings. The lowest BCUT2D eigenvalue weighted by Crippen LogP contribution is -2.13. The molecule has 0 saturated heterocycles. The van der Waals surface area contributed by atoms with E-state index in [1.165, 1.54) is 36.4 Å². The number of primary amides is 1. The largest absolute Gasteiger partial charge is 0.490 e. The second-order valence-corrected chi connectivity index (χ2v) is 6.95. The molecule has 150 valence electrons. The third kappa shape index (κ3) is 5.08. The first kappa shape index (κ1) is 21.4. The number of nitro groups is 1. The lowest BCUT2D eigenvalue weighted by molar-refractivity contribution is -0.387. The maximum atomic E-state index is 12.6. The number of rotatable bonds is 8. The monoisotopic (exact) mass is 417 g/mol. The minimum Gasteiger partial charge on any atom is -0.490 e. The van der Waals surface area contributed by atoms with Crippen molar-refractivity contribution in [2.24, 2.45) is 5.73 Å². The Labute approximate surface area is 166 Å². The molecule has 2 rings (SSSR count). The number of hydrogen-bond donors (Lipinski definition) is 1. The second kappa shape index (κ2) is 8.85. The fourth-order valence-corrected chi connectivity index (χ4v) is 3.37. The Morgan fingerprint density at radius 1 is 1.28 bits per heavy atom. The molecule has 0 aromatic heterocycles. The lowest BCUT2D eigenvalue weighted by atomic mass is 10.1. The normalized spacial score (nSPS) is 11.4. The van der Waals surface area contributed by atoms with Crippen LogP contribution in [0.15, 0.2) is 52.9 Å². The van der Waals surface area contributed by atoms with Crippen LogP contribution in [0.1, 0.15) is 12.5 Å². The summed E-state index contributed by atoms with van der Waals surface area (Å²) in [6, 6.07) is 10.3. The molecule has 11 heteroatoms. The molecular weight excluding hydrogens is 402 g/mol. The number of para-hydroxylation sites is 1. The van der Waals surface area contributed by atoms with E-state index in [1.54, 1.807) is 13.0 Å². The van der Waals surface area contributed by atoms with Crippen LogP contribution in [0.2, 0.25) is 0 Å². The smallest absolute Gasteiger partial charge is 0.346 e. The Hall–Kier alpha value is -3.91.